The maximum atomic E-state index is 11.9. The summed E-state index contributed by atoms with van der Waals surface area (Å²) in [5, 5.41) is 3.89. The van der Waals surface area contributed by atoms with Crippen LogP contribution < -0.4 is 10.6 Å². The number of urea groups is 1. The molecule has 8 heteroatoms. The summed E-state index contributed by atoms with van der Waals surface area (Å²) in [6, 6.07) is 4.65. The second-order valence-corrected chi connectivity index (χ2v) is 4.14. The Labute approximate surface area is 119 Å². The molecule has 0 fully saturated rings. The lowest BCUT2D eigenvalue weighted by atomic mass is 10.2. The highest BCUT2D eigenvalue weighted by Gasteiger charge is 2.27. The van der Waals surface area contributed by atoms with Gasteiger partial charge in [0.15, 0.2) is 0 Å². The van der Waals surface area contributed by atoms with Crippen molar-refractivity contribution in [1.82, 2.24) is 5.32 Å². The van der Waals surface area contributed by atoms with E-state index in [1.807, 2.05) is 6.92 Å². The van der Waals surface area contributed by atoms with Gasteiger partial charge in [0.25, 0.3) is 0 Å². The minimum absolute atomic E-state index is 0.265. The molecule has 5 nitrogen and oxygen atoms in total. The Morgan fingerprint density at radius 3 is 2.33 bits per heavy atom. The van der Waals surface area contributed by atoms with Gasteiger partial charge in [-0.2, -0.15) is 13.2 Å². The highest BCUT2D eigenvalue weighted by Crippen LogP contribution is 2.13. The number of alkyl halides is 3. The summed E-state index contributed by atoms with van der Waals surface area (Å²) >= 11 is 0. The molecule has 1 rings (SSSR count). The third kappa shape index (κ3) is 6.64. The van der Waals surface area contributed by atoms with Crippen LogP contribution in [0.25, 0.3) is 0 Å². The number of rotatable bonds is 5. The van der Waals surface area contributed by atoms with Gasteiger partial charge in [-0.1, -0.05) is 6.92 Å². The van der Waals surface area contributed by atoms with Crippen LogP contribution in [0.15, 0.2) is 24.3 Å². The standard InChI is InChI=1S/C13H15F3N2O3/c1-2-7-21-11(19)9-3-5-10(6-4-9)18-12(20)17-8-13(14,15)16/h3-6H,2,7-8H2,1H3,(H2,17,18,20). The van der Waals surface area contributed by atoms with Crippen molar-refractivity contribution in [2.75, 3.05) is 18.5 Å². The molecule has 0 heterocycles. The first kappa shape index (κ1) is 16.8. The Morgan fingerprint density at radius 1 is 1.19 bits per heavy atom. The maximum Gasteiger partial charge on any atom is 0.405 e. The molecule has 0 aromatic heterocycles. The molecule has 0 saturated heterocycles. The van der Waals surface area contributed by atoms with Gasteiger partial charge >= 0.3 is 18.2 Å². The molecule has 2 N–H and O–H groups in total. The van der Waals surface area contributed by atoms with E-state index in [0.717, 1.165) is 0 Å². The topological polar surface area (TPSA) is 67.4 Å². The third-order valence-electron chi connectivity index (χ3n) is 2.27. The smallest absolute Gasteiger partial charge is 0.405 e. The number of halogens is 3. The quantitative estimate of drug-likeness (QED) is 0.822. The third-order valence-corrected chi connectivity index (χ3v) is 2.27. The zero-order valence-electron chi connectivity index (χ0n) is 11.3. The molecule has 0 atom stereocenters. The minimum atomic E-state index is -4.47. The molecule has 0 aliphatic carbocycles. The Hall–Kier alpha value is -2.25. The van der Waals surface area contributed by atoms with Gasteiger partial charge in [0.05, 0.1) is 12.2 Å². The predicted octanol–water partition coefficient (Wildman–Crippen LogP) is 2.94. The molecule has 2 amide bonds. The Morgan fingerprint density at radius 2 is 1.81 bits per heavy atom. The number of amides is 2. The van der Waals surface area contributed by atoms with E-state index in [0.29, 0.717) is 18.6 Å². The summed E-state index contributed by atoms with van der Waals surface area (Å²) in [4.78, 5) is 22.7. The highest BCUT2D eigenvalue weighted by molar-refractivity contribution is 5.92. The van der Waals surface area contributed by atoms with Crippen LogP contribution in [-0.4, -0.2) is 31.3 Å². The Balaban J connectivity index is 2.51. The summed E-state index contributed by atoms with van der Waals surface area (Å²) in [6.07, 6.45) is -3.77. The fraction of sp³-hybridized carbons (Fsp3) is 0.385. The van der Waals surface area contributed by atoms with Crippen LogP contribution >= 0.6 is 0 Å². The van der Waals surface area contributed by atoms with Crippen molar-refractivity contribution in [2.45, 2.75) is 19.5 Å². The number of nitrogens with one attached hydrogen (secondary N) is 2. The van der Waals surface area contributed by atoms with Crippen molar-refractivity contribution in [3.05, 3.63) is 29.8 Å². The van der Waals surface area contributed by atoms with Crippen molar-refractivity contribution in [3.8, 4) is 0 Å². The monoisotopic (exact) mass is 304 g/mol. The average Bonchev–Trinajstić information content (AvgIpc) is 2.42. The van der Waals surface area contributed by atoms with Crippen LogP contribution in [0.1, 0.15) is 23.7 Å². The minimum Gasteiger partial charge on any atom is -0.462 e. The summed E-state index contributed by atoms with van der Waals surface area (Å²) in [7, 11) is 0. The van der Waals surface area contributed by atoms with Gasteiger partial charge < -0.3 is 15.4 Å². The van der Waals surface area contributed by atoms with Crippen molar-refractivity contribution >= 4 is 17.7 Å². The van der Waals surface area contributed by atoms with Crippen molar-refractivity contribution < 1.29 is 27.5 Å². The number of hydrogen-bond acceptors (Lipinski definition) is 3. The lowest BCUT2D eigenvalue weighted by Crippen LogP contribution is -2.36. The number of carbonyl (C=O) groups is 2. The zero-order chi connectivity index (χ0) is 15.9. The van der Waals surface area contributed by atoms with E-state index >= 15 is 0 Å². The van der Waals surface area contributed by atoms with Crippen LogP contribution in [0, 0.1) is 0 Å². The molecule has 1 aromatic carbocycles. The molecule has 116 valence electrons. The van der Waals surface area contributed by atoms with Crippen LogP contribution in [-0.2, 0) is 4.74 Å². The highest BCUT2D eigenvalue weighted by atomic mass is 19.4. The van der Waals surface area contributed by atoms with E-state index in [2.05, 4.69) is 5.32 Å². The van der Waals surface area contributed by atoms with Gasteiger partial charge in [0.2, 0.25) is 0 Å². The maximum absolute atomic E-state index is 11.9. The zero-order valence-corrected chi connectivity index (χ0v) is 11.3. The molecule has 0 saturated carbocycles. The number of hydrogen-bond donors (Lipinski definition) is 2. The average molecular weight is 304 g/mol. The van der Waals surface area contributed by atoms with E-state index in [4.69, 9.17) is 4.74 Å². The first-order chi connectivity index (χ1) is 9.81. The number of ether oxygens (including phenoxy) is 1. The van der Waals surface area contributed by atoms with E-state index < -0.39 is 24.7 Å². The lowest BCUT2D eigenvalue weighted by molar-refractivity contribution is -0.122. The molecule has 0 aliphatic rings. The Bertz CT molecular complexity index is 486. The van der Waals surface area contributed by atoms with Crippen LogP contribution in [0.5, 0.6) is 0 Å². The number of anilines is 1. The van der Waals surface area contributed by atoms with Crippen LogP contribution in [0.3, 0.4) is 0 Å². The fourth-order valence-electron chi connectivity index (χ4n) is 1.32. The second kappa shape index (κ2) is 7.51. The van der Waals surface area contributed by atoms with Crippen molar-refractivity contribution in [2.24, 2.45) is 0 Å². The van der Waals surface area contributed by atoms with E-state index in [1.54, 1.807) is 5.32 Å². The molecule has 1 aromatic rings. The van der Waals surface area contributed by atoms with Crippen molar-refractivity contribution in [1.29, 1.82) is 0 Å². The first-order valence-electron chi connectivity index (χ1n) is 6.20. The molecule has 0 radical (unpaired) electrons. The van der Waals surface area contributed by atoms with Gasteiger partial charge in [-0.3, -0.25) is 0 Å². The molecule has 0 aliphatic heterocycles. The molecular formula is C13H15F3N2O3. The number of esters is 1. The van der Waals surface area contributed by atoms with Gasteiger partial charge in [-0.25, -0.2) is 9.59 Å². The molecule has 21 heavy (non-hydrogen) atoms. The first-order valence-corrected chi connectivity index (χ1v) is 6.20. The Kier molecular flexibility index (Phi) is 6.01. The molecule has 0 bridgehead atoms. The number of carbonyl (C=O) groups excluding carboxylic acids is 2. The fourth-order valence-corrected chi connectivity index (χ4v) is 1.32. The van der Waals surface area contributed by atoms with Gasteiger partial charge in [-0.05, 0) is 30.7 Å². The summed E-state index contributed by atoms with van der Waals surface area (Å²) in [5.41, 5.74) is 0.561. The van der Waals surface area contributed by atoms with Gasteiger partial charge in [0.1, 0.15) is 6.54 Å². The molecule has 0 unspecified atom stereocenters. The molecule has 0 spiro atoms. The van der Waals surface area contributed by atoms with Gasteiger partial charge in [0, 0.05) is 5.69 Å². The van der Waals surface area contributed by atoms with E-state index in [1.165, 1.54) is 24.3 Å². The number of benzene rings is 1. The predicted molar refractivity (Wildman–Crippen MR) is 70.1 cm³/mol. The SMILES string of the molecule is CCCOC(=O)c1ccc(NC(=O)NCC(F)(F)F)cc1. The van der Waals surface area contributed by atoms with Crippen LogP contribution in [0.2, 0.25) is 0 Å². The summed E-state index contributed by atoms with van der Waals surface area (Å²) in [6.45, 7) is 0.749. The van der Waals surface area contributed by atoms with Crippen molar-refractivity contribution in [3.63, 3.8) is 0 Å². The second-order valence-electron chi connectivity index (χ2n) is 4.14. The van der Waals surface area contributed by atoms with E-state index in [9.17, 15) is 22.8 Å². The summed E-state index contributed by atoms with van der Waals surface area (Å²) in [5.74, 6) is -0.495. The lowest BCUT2D eigenvalue weighted by Gasteiger charge is -2.10. The van der Waals surface area contributed by atoms with Crippen LogP contribution in [0.4, 0.5) is 23.7 Å². The van der Waals surface area contributed by atoms with Gasteiger partial charge in [-0.15, -0.1) is 0 Å². The largest absolute Gasteiger partial charge is 0.462 e. The van der Waals surface area contributed by atoms with E-state index in [-0.39, 0.29) is 5.69 Å². The summed E-state index contributed by atoms with van der Waals surface area (Å²) < 4.78 is 40.6. The normalized spacial score (nSPS) is 10.9. The molecular weight excluding hydrogens is 289 g/mol.